The first-order valence-electron chi connectivity index (χ1n) is 11.2. The summed E-state index contributed by atoms with van der Waals surface area (Å²) in [5.74, 6) is -0.00406. The van der Waals surface area contributed by atoms with Gasteiger partial charge in [-0.1, -0.05) is 24.4 Å². The maximum atomic E-state index is 14.8. The number of aryl methyl sites for hydroxylation is 1. The Hall–Kier alpha value is -2.96. The Bertz CT molecular complexity index is 1070. The van der Waals surface area contributed by atoms with Crippen molar-refractivity contribution in [3.05, 3.63) is 51.6 Å². The second-order valence-corrected chi connectivity index (χ2v) is 8.84. The molecule has 1 aromatic carbocycles. The van der Waals surface area contributed by atoms with E-state index in [9.17, 15) is 14.3 Å². The molecule has 7 heteroatoms. The number of rotatable bonds is 6. The molecular weight excluding hydrogens is 411 g/mol. The van der Waals surface area contributed by atoms with Crippen LogP contribution >= 0.6 is 0 Å². The first-order chi connectivity index (χ1) is 15.3. The second kappa shape index (κ2) is 9.27. The van der Waals surface area contributed by atoms with Crippen LogP contribution in [0.3, 0.4) is 0 Å². The molecular formula is C25H29FN2O4. The number of hydrogen-bond donors (Lipinski definition) is 1. The third-order valence-electron chi connectivity index (χ3n) is 6.62. The molecule has 1 aliphatic carbocycles. The fourth-order valence-electron chi connectivity index (χ4n) is 4.61. The van der Waals surface area contributed by atoms with Crippen molar-refractivity contribution >= 4 is 11.7 Å². The first kappa shape index (κ1) is 22.2. The largest absolute Gasteiger partial charge is 0.506 e. The minimum absolute atomic E-state index is 0.0381. The number of benzene rings is 1. The normalized spacial score (nSPS) is 16.8. The zero-order valence-corrected chi connectivity index (χ0v) is 18.8. The van der Waals surface area contributed by atoms with Crippen LogP contribution in [0, 0.1) is 26.6 Å². The average Bonchev–Trinajstić information content (AvgIpc) is 3.19. The SMILES string of the molecule is Cc1cc(OCC2=NOC(=O)C2)c(C)c(C)c1Cc1nc(C2CCCCC2)c(O)cc1F. The van der Waals surface area contributed by atoms with Crippen LogP contribution in [-0.2, 0) is 16.1 Å². The molecule has 0 spiro atoms. The molecule has 1 fully saturated rings. The van der Waals surface area contributed by atoms with E-state index in [1.807, 2.05) is 26.8 Å². The number of nitrogens with zero attached hydrogens (tertiary/aromatic N) is 2. The lowest BCUT2D eigenvalue weighted by atomic mass is 9.86. The maximum absolute atomic E-state index is 14.8. The van der Waals surface area contributed by atoms with Crippen LogP contribution in [0.15, 0.2) is 17.3 Å². The summed E-state index contributed by atoms with van der Waals surface area (Å²) >= 11 is 0. The van der Waals surface area contributed by atoms with Gasteiger partial charge < -0.3 is 14.7 Å². The highest BCUT2D eigenvalue weighted by Crippen LogP contribution is 2.37. The van der Waals surface area contributed by atoms with Gasteiger partial charge in [0.1, 0.15) is 29.6 Å². The molecule has 1 saturated carbocycles. The van der Waals surface area contributed by atoms with Gasteiger partial charge in [0, 0.05) is 18.4 Å². The molecule has 2 aromatic rings. The molecule has 0 atom stereocenters. The Morgan fingerprint density at radius 2 is 1.91 bits per heavy atom. The van der Waals surface area contributed by atoms with Crippen molar-refractivity contribution in [1.82, 2.24) is 4.98 Å². The zero-order chi connectivity index (χ0) is 22.8. The number of halogens is 1. The van der Waals surface area contributed by atoms with Crippen molar-refractivity contribution in [3.8, 4) is 11.5 Å². The summed E-state index contributed by atoms with van der Waals surface area (Å²) in [4.78, 5) is 20.4. The fourth-order valence-corrected chi connectivity index (χ4v) is 4.61. The van der Waals surface area contributed by atoms with Crippen LogP contribution in [0.2, 0.25) is 0 Å². The van der Waals surface area contributed by atoms with Crippen molar-refractivity contribution in [2.24, 2.45) is 5.16 Å². The molecule has 32 heavy (non-hydrogen) atoms. The predicted molar refractivity (Wildman–Crippen MR) is 119 cm³/mol. The summed E-state index contributed by atoms with van der Waals surface area (Å²) in [7, 11) is 0. The molecule has 0 amide bonds. The molecule has 170 valence electrons. The standard InChI is InChI=1S/C25H29FN2O4/c1-14-9-23(31-13-18-10-24(30)32-28-18)16(3)15(2)19(14)11-21-20(26)12-22(29)25(27-21)17-7-5-4-6-8-17/h9,12,17,29H,4-8,10-11,13H2,1-3H3. The van der Waals surface area contributed by atoms with E-state index in [0.29, 0.717) is 29.3 Å². The van der Waals surface area contributed by atoms with E-state index in [-0.39, 0.29) is 30.7 Å². The number of pyridine rings is 1. The van der Waals surface area contributed by atoms with E-state index in [2.05, 4.69) is 15.0 Å². The van der Waals surface area contributed by atoms with Crippen molar-refractivity contribution < 1.29 is 23.9 Å². The van der Waals surface area contributed by atoms with E-state index in [1.165, 1.54) is 12.5 Å². The average molecular weight is 441 g/mol. The molecule has 1 aromatic heterocycles. The van der Waals surface area contributed by atoms with Crippen LogP contribution < -0.4 is 4.74 Å². The molecule has 0 unspecified atom stereocenters. The van der Waals surface area contributed by atoms with Crippen molar-refractivity contribution in [3.63, 3.8) is 0 Å². The van der Waals surface area contributed by atoms with Crippen LogP contribution in [0.5, 0.6) is 11.5 Å². The summed E-state index contributed by atoms with van der Waals surface area (Å²) < 4.78 is 20.6. The van der Waals surface area contributed by atoms with E-state index in [1.54, 1.807) is 0 Å². The lowest BCUT2D eigenvalue weighted by molar-refractivity contribution is -0.140. The molecule has 1 N–H and O–H groups in total. The maximum Gasteiger partial charge on any atom is 0.340 e. The third kappa shape index (κ3) is 4.61. The Labute approximate surface area is 187 Å². The van der Waals surface area contributed by atoms with Crippen LogP contribution in [-0.4, -0.2) is 28.4 Å². The molecule has 0 radical (unpaired) electrons. The second-order valence-electron chi connectivity index (χ2n) is 8.84. The van der Waals surface area contributed by atoms with Crippen molar-refractivity contribution in [2.45, 2.75) is 71.6 Å². The van der Waals surface area contributed by atoms with E-state index in [0.717, 1.165) is 47.9 Å². The van der Waals surface area contributed by atoms with Gasteiger partial charge in [-0.2, -0.15) is 0 Å². The summed E-state index contributed by atoms with van der Waals surface area (Å²) in [5, 5.41) is 14.0. The van der Waals surface area contributed by atoms with Gasteiger partial charge in [0.15, 0.2) is 0 Å². The van der Waals surface area contributed by atoms with E-state index >= 15 is 0 Å². The molecule has 0 bridgehead atoms. The lowest BCUT2D eigenvalue weighted by Gasteiger charge is -2.23. The zero-order valence-electron chi connectivity index (χ0n) is 18.8. The number of carbonyl (C=O) groups excluding carboxylic acids is 1. The minimum Gasteiger partial charge on any atom is -0.506 e. The Morgan fingerprint density at radius 1 is 1.16 bits per heavy atom. The summed E-state index contributed by atoms with van der Waals surface area (Å²) in [6.07, 6.45) is 5.89. The van der Waals surface area contributed by atoms with Crippen LogP contribution in [0.1, 0.15) is 78.1 Å². The predicted octanol–water partition coefficient (Wildman–Crippen LogP) is 5.17. The summed E-state index contributed by atoms with van der Waals surface area (Å²) in [6.45, 7) is 6.10. The highest BCUT2D eigenvalue weighted by molar-refractivity contribution is 6.02. The molecule has 6 nitrogen and oxygen atoms in total. The topological polar surface area (TPSA) is 81.0 Å². The van der Waals surface area contributed by atoms with Crippen molar-refractivity contribution in [2.75, 3.05) is 6.61 Å². The molecule has 2 aliphatic rings. The molecule has 2 heterocycles. The first-order valence-corrected chi connectivity index (χ1v) is 11.2. The van der Waals surface area contributed by atoms with Gasteiger partial charge in [-0.05, 0) is 61.9 Å². The van der Waals surface area contributed by atoms with Gasteiger partial charge in [0.25, 0.3) is 0 Å². The minimum atomic E-state index is -0.484. The van der Waals surface area contributed by atoms with Gasteiger partial charge >= 0.3 is 5.97 Å². The Balaban J connectivity index is 1.57. The van der Waals surface area contributed by atoms with Gasteiger partial charge in [-0.25, -0.2) is 9.18 Å². The summed E-state index contributed by atoms with van der Waals surface area (Å²) in [5.41, 5.74) is 5.47. The summed E-state index contributed by atoms with van der Waals surface area (Å²) in [6, 6.07) is 3.14. The third-order valence-corrected chi connectivity index (χ3v) is 6.62. The number of carbonyl (C=O) groups is 1. The van der Waals surface area contributed by atoms with Gasteiger partial charge in [0.05, 0.1) is 17.8 Å². The number of aromatic nitrogens is 1. The van der Waals surface area contributed by atoms with Gasteiger partial charge in [0.2, 0.25) is 0 Å². The quantitative estimate of drug-likeness (QED) is 0.627. The molecule has 0 saturated heterocycles. The van der Waals surface area contributed by atoms with Crippen LogP contribution in [0.4, 0.5) is 4.39 Å². The highest BCUT2D eigenvalue weighted by Gasteiger charge is 2.23. The van der Waals surface area contributed by atoms with Gasteiger partial charge in [-0.3, -0.25) is 4.98 Å². The monoisotopic (exact) mass is 440 g/mol. The lowest BCUT2D eigenvalue weighted by Crippen LogP contribution is -2.13. The molecule has 1 aliphatic heterocycles. The number of hydrogen-bond acceptors (Lipinski definition) is 6. The Kier molecular flexibility index (Phi) is 6.44. The number of ether oxygens (including phenoxy) is 1. The van der Waals surface area contributed by atoms with E-state index in [4.69, 9.17) is 4.74 Å². The smallest absolute Gasteiger partial charge is 0.340 e. The van der Waals surface area contributed by atoms with Gasteiger partial charge in [-0.15, -0.1) is 0 Å². The van der Waals surface area contributed by atoms with Crippen molar-refractivity contribution in [1.29, 1.82) is 0 Å². The highest BCUT2D eigenvalue weighted by atomic mass is 19.1. The molecule has 4 rings (SSSR count). The van der Waals surface area contributed by atoms with E-state index < -0.39 is 5.82 Å². The number of oxime groups is 1. The fraction of sp³-hybridized carbons (Fsp3) is 0.480. The van der Waals surface area contributed by atoms with Crippen LogP contribution in [0.25, 0.3) is 0 Å². The number of aromatic hydroxyl groups is 1. The Morgan fingerprint density at radius 3 is 2.59 bits per heavy atom.